The number of hydrogen-bond acceptors (Lipinski definition) is 0. The fourth-order valence-electron chi connectivity index (χ4n) is 1.18. The summed E-state index contributed by atoms with van der Waals surface area (Å²) >= 11 is 0. The van der Waals surface area contributed by atoms with Crippen LogP contribution in [0.15, 0.2) is 25.3 Å². The lowest BCUT2D eigenvalue weighted by atomic mass is 9.97. The summed E-state index contributed by atoms with van der Waals surface area (Å²) in [5, 5.41) is 0. The zero-order chi connectivity index (χ0) is 8.53. The Kier molecular flexibility index (Phi) is 7.23. The molecular weight excluding hydrogens is 132 g/mol. The van der Waals surface area contributed by atoms with Crippen molar-refractivity contribution in [3.05, 3.63) is 25.3 Å². The third-order valence-corrected chi connectivity index (χ3v) is 2.00. The van der Waals surface area contributed by atoms with Crippen molar-refractivity contribution in [2.24, 2.45) is 5.92 Å². The van der Waals surface area contributed by atoms with Crippen molar-refractivity contribution >= 4 is 0 Å². The first-order valence-corrected chi connectivity index (χ1v) is 4.58. The number of unbranched alkanes of at least 4 members (excludes halogenated alkanes) is 1. The molecule has 0 N–H and O–H groups in total. The number of hydrogen-bond donors (Lipinski definition) is 0. The Bertz CT molecular complexity index is 103. The molecule has 0 aromatic heterocycles. The topological polar surface area (TPSA) is 0 Å². The van der Waals surface area contributed by atoms with Crippen molar-refractivity contribution in [3.8, 4) is 0 Å². The average Bonchev–Trinajstić information content (AvgIpc) is 2.05. The van der Waals surface area contributed by atoms with Crippen LogP contribution >= 0.6 is 0 Å². The van der Waals surface area contributed by atoms with Gasteiger partial charge >= 0.3 is 0 Å². The van der Waals surface area contributed by atoms with Crippen LogP contribution in [-0.2, 0) is 0 Å². The summed E-state index contributed by atoms with van der Waals surface area (Å²) in [5.41, 5.74) is 0. The smallest absolute Gasteiger partial charge is 0.0233 e. The first kappa shape index (κ1) is 10.5. The molecule has 0 heterocycles. The summed E-state index contributed by atoms with van der Waals surface area (Å²) < 4.78 is 0. The van der Waals surface area contributed by atoms with Gasteiger partial charge in [0.25, 0.3) is 0 Å². The third kappa shape index (κ3) is 5.90. The fourth-order valence-corrected chi connectivity index (χ4v) is 1.18. The van der Waals surface area contributed by atoms with Gasteiger partial charge < -0.3 is 0 Å². The lowest BCUT2D eigenvalue weighted by Gasteiger charge is -2.09. The van der Waals surface area contributed by atoms with E-state index in [0.29, 0.717) is 5.92 Å². The molecule has 1 unspecified atom stereocenters. The highest BCUT2D eigenvalue weighted by molar-refractivity contribution is 4.81. The second-order valence-electron chi connectivity index (χ2n) is 3.00. The second-order valence-corrected chi connectivity index (χ2v) is 3.00. The molecule has 0 aromatic carbocycles. The molecule has 0 amide bonds. The van der Waals surface area contributed by atoms with Crippen LogP contribution in [0.2, 0.25) is 0 Å². The first-order chi connectivity index (χ1) is 5.35. The van der Waals surface area contributed by atoms with Crippen LogP contribution in [0.1, 0.15) is 39.0 Å². The maximum Gasteiger partial charge on any atom is -0.0233 e. The van der Waals surface area contributed by atoms with E-state index in [2.05, 4.69) is 26.2 Å². The molecule has 11 heavy (non-hydrogen) atoms. The van der Waals surface area contributed by atoms with E-state index in [1.54, 1.807) is 0 Å². The lowest BCUT2D eigenvalue weighted by Crippen LogP contribution is -1.94. The van der Waals surface area contributed by atoms with Gasteiger partial charge in [0, 0.05) is 0 Å². The van der Waals surface area contributed by atoms with E-state index >= 15 is 0 Å². The van der Waals surface area contributed by atoms with Crippen LogP contribution in [0.5, 0.6) is 0 Å². The molecule has 0 aliphatic carbocycles. The van der Waals surface area contributed by atoms with Crippen LogP contribution in [-0.4, -0.2) is 0 Å². The Balaban J connectivity index is 3.40. The van der Waals surface area contributed by atoms with Gasteiger partial charge in [-0.05, 0) is 25.2 Å². The van der Waals surface area contributed by atoms with E-state index in [1.165, 1.54) is 25.7 Å². The minimum Gasteiger partial charge on any atom is -0.103 e. The highest BCUT2D eigenvalue weighted by Crippen LogP contribution is 2.15. The lowest BCUT2D eigenvalue weighted by molar-refractivity contribution is 0.523. The van der Waals surface area contributed by atoms with Crippen molar-refractivity contribution in [1.29, 1.82) is 0 Å². The van der Waals surface area contributed by atoms with Gasteiger partial charge in [-0.3, -0.25) is 0 Å². The van der Waals surface area contributed by atoms with Gasteiger partial charge in [-0.25, -0.2) is 0 Å². The van der Waals surface area contributed by atoms with Crippen LogP contribution < -0.4 is 0 Å². The monoisotopic (exact) mass is 152 g/mol. The maximum absolute atomic E-state index is 3.83. The Morgan fingerprint density at radius 2 is 2.00 bits per heavy atom. The van der Waals surface area contributed by atoms with E-state index in [9.17, 15) is 0 Å². The van der Waals surface area contributed by atoms with E-state index in [4.69, 9.17) is 0 Å². The molecule has 0 bridgehead atoms. The second kappa shape index (κ2) is 7.59. The predicted molar refractivity (Wildman–Crippen MR) is 52.6 cm³/mol. The van der Waals surface area contributed by atoms with Gasteiger partial charge in [-0.2, -0.15) is 0 Å². The highest BCUT2D eigenvalue weighted by atomic mass is 14.1. The first-order valence-electron chi connectivity index (χ1n) is 4.58. The van der Waals surface area contributed by atoms with E-state index in [-0.39, 0.29) is 0 Å². The normalized spacial score (nSPS) is 12.5. The molecule has 0 aliphatic heterocycles. The quantitative estimate of drug-likeness (QED) is 0.485. The zero-order valence-electron chi connectivity index (χ0n) is 7.68. The van der Waals surface area contributed by atoms with Crippen molar-refractivity contribution in [2.75, 3.05) is 0 Å². The van der Waals surface area contributed by atoms with Crippen LogP contribution in [0.25, 0.3) is 0 Å². The SMILES string of the molecule is C=CCCC(C=C)CCCC. The molecule has 0 radical (unpaired) electrons. The van der Waals surface area contributed by atoms with Gasteiger partial charge in [0.2, 0.25) is 0 Å². The summed E-state index contributed by atoms with van der Waals surface area (Å²) in [6.07, 6.45) is 10.3. The van der Waals surface area contributed by atoms with Gasteiger partial charge in [0.15, 0.2) is 0 Å². The molecule has 0 fully saturated rings. The molecule has 0 aliphatic rings. The molecule has 0 rings (SSSR count). The van der Waals surface area contributed by atoms with Crippen LogP contribution in [0.4, 0.5) is 0 Å². The minimum absolute atomic E-state index is 0.716. The summed E-state index contributed by atoms with van der Waals surface area (Å²) in [4.78, 5) is 0. The zero-order valence-corrected chi connectivity index (χ0v) is 7.68. The van der Waals surface area contributed by atoms with Gasteiger partial charge in [-0.1, -0.05) is 31.9 Å². The summed E-state index contributed by atoms with van der Waals surface area (Å²) in [5.74, 6) is 0.716. The Morgan fingerprint density at radius 3 is 2.45 bits per heavy atom. The predicted octanol–water partition coefficient (Wildman–Crippen LogP) is 3.95. The number of allylic oxidation sites excluding steroid dienone is 2. The molecule has 0 saturated carbocycles. The van der Waals surface area contributed by atoms with E-state index < -0.39 is 0 Å². The minimum atomic E-state index is 0.716. The van der Waals surface area contributed by atoms with E-state index in [1.807, 2.05) is 6.08 Å². The molecule has 64 valence electrons. The van der Waals surface area contributed by atoms with Crippen molar-refractivity contribution < 1.29 is 0 Å². The molecule has 0 aromatic rings. The summed E-state index contributed by atoms with van der Waals surface area (Å²) in [6, 6.07) is 0. The number of rotatable bonds is 7. The van der Waals surface area contributed by atoms with E-state index in [0.717, 1.165) is 6.42 Å². The van der Waals surface area contributed by atoms with Crippen LogP contribution in [0.3, 0.4) is 0 Å². The van der Waals surface area contributed by atoms with Crippen molar-refractivity contribution in [3.63, 3.8) is 0 Å². The van der Waals surface area contributed by atoms with Gasteiger partial charge in [0.1, 0.15) is 0 Å². The molecular formula is C11H20. The third-order valence-electron chi connectivity index (χ3n) is 2.00. The maximum atomic E-state index is 3.83. The standard InChI is InChI=1S/C11H20/c1-4-7-9-11(6-3)10-8-5-2/h4,6,11H,1,3,5,7-10H2,2H3. The van der Waals surface area contributed by atoms with Gasteiger partial charge in [0.05, 0.1) is 0 Å². The molecule has 0 heteroatoms. The largest absolute Gasteiger partial charge is 0.103 e. The molecule has 0 nitrogen and oxygen atoms in total. The molecule has 0 saturated heterocycles. The van der Waals surface area contributed by atoms with Crippen molar-refractivity contribution in [1.82, 2.24) is 0 Å². The van der Waals surface area contributed by atoms with Gasteiger partial charge in [-0.15, -0.1) is 13.2 Å². The molecule has 0 spiro atoms. The molecule has 1 atom stereocenters. The van der Waals surface area contributed by atoms with Crippen LogP contribution in [0, 0.1) is 5.92 Å². The Morgan fingerprint density at radius 1 is 1.27 bits per heavy atom. The highest BCUT2D eigenvalue weighted by Gasteiger charge is 2.00. The fraction of sp³-hybridized carbons (Fsp3) is 0.636. The Hall–Kier alpha value is -0.520. The Labute approximate surface area is 71.0 Å². The average molecular weight is 152 g/mol. The van der Waals surface area contributed by atoms with Crippen molar-refractivity contribution in [2.45, 2.75) is 39.0 Å². The summed E-state index contributed by atoms with van der Waals surface area (Å²) in [6.45, 7) is 9.78. The summed E-state index contributed by atoms with van der Waals surface area (Å²) in [7, 11) is 0.